The minimum absolute atomic E-state index is 1.01. The van der Waals surface area contributed by atoms with Crippen molar-refractivity contribution >= 4 is 49.3 Å². The van der Waals surface area contributed by atoms with Crippen LogP contribution in [0.25, 0.3) is 0 Å². The fourth-order valence-electron chi connectivity index (χ4n) is 3.95. The lowest BCUT2D eigenvalue weighted by Gasteiger charge is -2.44. The molecule has 1 atom stereocenters. The Morgan fingerprint density at radius 3 is 1.17 bits per heavy atom. The van der Waals surface area contributed by atoms with Crippen molar-refractivity contribution in [3.8, 4) is 0 Å². The molecule has 0 fully saturated rings. The van der Waals surface area contributed by atoms with Crippen LogP contribution in [0, 0.1) is 0 Å². The molecule has 0 N–H and O–H groups in total. The summed E-state index contributed by atoms with van der Waals surface area (Å²) in [6.07, 6.45) is 0. The topological polar surface area (TPSA) is 27.7 Å². The second kappa shape index (κ2) is 11.6. The van der Waals surface area contributed by atoms with Crippen LogP contribution in [0.5, 0.6) is 0 Å². The van der Waals surface area contributed by atoms with Gasteiger partial charge in [-0.15, -0.1) is 26.3 Å². The van der Waals surface area contributed by atoms with E-state index in [9.17, 15) is 0 Å². The molecule has 0 aliphatic heterocycles. The number of hydrogen-bond acceptors (Lipinski definition) is 3. The average Bonchev–Trinajstić information content (AvgIpc) is 2.94. The molecule has 3 aromatic rings. The molecule has 0 spiro atoms. The molecule has 0 saturated heterocycles. The zero-order valence-electron chi connectivity index (χ0n) is 21.5. The summed E-state index contributed by atoms with van der Waals surface area (Å²) in [5, 5.41) is 3.05. The predicted molar refractivity (Wildman–Crippen MR) is 163 cm³/mol. The van der Waals surface area contributed by atoms with E-state index in [-0.39, 0.29) is 0 Å². The van der Waals surface area contributed by atoms with Gasteiger partial charge in [0.25, 0.3) is 0 Å². The van der Waals surface area contributed by atoms with Gasteiger partial charge in [-0.2, -0.15) is 0 Å². The van der Waals surface area contributed by atoms with Crippen LogP contribution in [0.4, 0.5) is 0 Å². The number of benzene rings is 3. The summed E-state index contributed by atoms with van der Waals surface area (Å²) in [5.41, 5.74) is 7.62. The first-order valence-corrected chi connectivity index (χ1v) is 21.3. The summed E-state index contributed by atoms with van der Waals surface area (Å²) in [7, 11) is -11.5. The van der Waals surface area contributed by atoms with Gasteiger partial charge in [-0.1, -0.05) is 114 Å². The summed E-state index contributed by atoms with van der Waals surface area (Å²) in [5.74, 6) is 0. The molecule has 186 valence electrons. The molecule has 0 bridgehead atoms. The lowest BCUT2D eigenvalue weighted by molar-refractivity contribution is 0.353. The van der Waals surface area contributed by atoms with Crippen LogP contribution < -0.4 is 15.6 Å². The van der Waals surface area contributed by atoms with Gasteiger partial charge in [0.2, 0.25) is 16.6 Å². The first-order chi connectivity index (χ1) is 17.2. The average molecular weight is 545 g/mol. The van der Waals surface area contributed by atoms with Gasteiger partial charge in [-0.25, -0.2) is 0 Å². The van der Waals surface area contributed by atoms with Crippen molar-refractivity contribution in [3.63, 3.8) is 0 Å². The molecule has 0 heterocycles. The number of hydrogen-bond donors (Lipinski definition) is 0. The van der Waals surface area contributed by atoms with Crippen molar-refractivity contribution in [2.45, 2.75) is 19.6 Å². The zero-order chi connectivity index (χ0) is 26.3. The minimum atomic E-state index is -3.36. The maximum absolute atomic E-state index is 7.49. The van der Waals surface area contributed by atoms with Crippen molar-refractivity contribution < 1.29 is 12.3 Å². The quantitative estimate of drug-likeness (QED) is 0.273. The van der Waals surface area contributed by atoms with Crippen molar-refractivity contribution in [3.05, 3.63) is 140 Å². The fourth-order valence-corrected chi connectivity index (χ4v) is 20.0. The monoisotopic (exact) mass is 544 g/mol. The summed E-state index contributed by atoms with van der Waals surface area (Å²) < 4.78 is 21.8. The van der Waals surface area contributed by atoms with Gasteiger partial charge in [0.05, 0.1) is 0 Å². The van der Waals surface area contributed by atoms with Crippen LogP contribution >= 0.6 is 0 Å². The first-order valence-electron chi connectivity index (χ1n) is 12.0. The maximum atomic E-state index is 7.49. The van der Waals surface area contributed by atoms with Gasteiger partial charge in [0, 0.05) is 0 Å². The van der Waals surface area contributed by atoms with E-state index in [1.807, 2.05) is 77.4 Å². The molecular formula is C29H36O3Si4. The van der Waals surface area contributed by atoms with Crippen LogP contribution in [0.15, 0.2) is 140 Å². The Morgan fingerprint density at radius 2 is 0.806 bits per heavy atom. The third-order valence-corrected chi connectivity index (χ3v) is 22.1. The van der Waals surface area contributed by atoms with Gasteiger partial charge in [-0.05, 0) is 35.2 Å². The molecular weight excluding hydrogens is 509 g/mol. The van der Waals surface area contributed by atoms with Crippen LogP contribution in [0.1, 0.15) is 0 Å². The third kappa shape index (κ3) is 6.01. The minimum Gasteiger partial charge on any atom is -0.426 e. The Morgan fingerprint density at radius 1 is 0.472 bits per heavy atom. The lowest BCUT2D eigenvalue weighted by atomic mass is 10.4. The second-order valence-corrected chi connectivity index (χ2v) is 22.8. The largest absolute Gasteiger partial charge is 0.426 e. The maximum Gasteiger partial charge on any atom is 0.388 e. The molecule has 0 amide bonds. The van der Waals surface area contributed by atoms with E-state index in [1.165, 1.54) is 0 Å². The van der Waals surface area contributed by atoms with E-state index in [0.29, 0.717) is 0 Å². The Balaban J connectivity index is 2.35. The Kier molecular flexibility index (Phi) is 9.02. The van der Waals surface area contributed by atoms with E-state index in [1.54, 1.807) is 0 Å². The number of rotatable bonds is 13. The SMILES string of the molecule is C=C[Si](C)(C=C)O[Si](C)(O[Si](O[Si](C)(C=C)C=C)(c1ccccc1)c1ccccc1)c1ccccc1. The molecule has 0 saturated carbocycles. The van der Waals surface area contributed by atoms with E-state index in [2.05, 4.69) is 82.4 Å². The van der Waals surface area contributed by atoms with Crippen molar-refractivity contribution in [2.24, 2.45) is 0 Å². The van der Waals surface area contributed by atoms with E-state index >= 15 is 0 Å². The molecule has 0 aliphatic carbocycles. The molecule has 7 heteroatoms. The normalized spacial score (nSPS) is 13.9. The molecule has 0 aliphatic rings. The summed E-state index contributed by atoms with van der Waals surface area (Å²) in [6, 6.07) is 30.7. The highest BCUT2D eigenvalue weighted by Gasteiger charge is 2.54. The highest BCUT2D eigenvalue weighted by atomic mass is 28.5. The zero-order valence-corrected chi connectivity index (χ0v) is 25.5. The van der Waals surface area contributed by atoms with Gasteiger partial charge in [0.1, 0.15) is 0 Å². The molecule has 3 rings (SSSR count). The standard InChI is InChI=1S/C29H36O3Si4/c1-8-33(5,9-2)30-35(7,27-21-15-12-16-22-27)32-36(28-23-17-13-18-24-28,29-25-19-14-20-26-29)31-34(6,10-3)11-4/h8-26H,1-4H2,5-7H3. The lowest BCUT2D eigenvalue weighted by Crippen LogP contribution is -2.74. The Hall–Kier alpha value is -2.63. The third-order valence-electron chi connectivity index (χ3n) is 6.34. The van der Waals surface area contributed by atoms with Gasteiger partial charge in [0.15, 0.2) is 0 Å². The molecule has 36 heavy (non-hydrogen) atoms. The van der Waals surface area contributed by atoms with Gasteiger partial charge >= 0.3 is 17.1 Å². The summed E-state index contributed by atoms with van der Waals surface area (Å²) in [6.45, 7) is 22.7. The van der Waals surface area contributed by atoms with Crippen LogP contribution in [-0.2, 0) is 12.3 Å². The first kappa shape index (κ1) is 27.9. The van der Waals surface area contributed by atoms with Crippen molar-refractivity contribution in [2.75, 3.05) is 0 Å². The van der Waals surface area contributed by atoms with E-state index in [0.717, 1.165) is 15.6 Å². The highest BCUT2D eigenvalue weighted by Crippen LogP contribution is 2.26. The summed E-state index contributed by atoms with van der Waals surface area (Å²) in [4.78, 5) is 0. The van der Waals surface area contributed by atoms with Crippen molar-refractivity contribution in [1.29, 1.82) is 0 Å². The Labute approximate surface area is 220 Å². The van der Waals surface area contributed by atoms with Crippen molar-refractivity contribution in [1.82, 2.24) is 0 Å². The molecule has 3 aromatic carbocycles. The van der Waals surface area contributed by atoms with Crippen LogP contribution in [0.3, 0.4) is 0 Å². The van der Waals surface area contributed by atoms with E-state index in [4.69, 9.17) is 12.3 Å². The summed E-state index contributed by atoms with van der Waals surface area (Å²) >= 11 is 0. The highest BCUT2D eigenvalue weighted by molar-refractivity contribution is 7.06. The predicted octanol–water partition coefficient (Wildman–Crippen LogP) is 5.32. The van der Waals surface area contributed by atoms with Crippen LogP contribution in [0.2, 0.25) is 19.6 Å². The second-order valence-electron chi connectivity index (χ2n) is 9.15. The van der Waals surface area contributed by atoms with Gasteiger partial charge < -0.3 is 12.3 Å². The molecule has 3 nitrogen and oxygen atoms in total. The molecule has 1 unspecified atom stereocenters. The smallest absolute Gasteiger partial charge is 0.388 e. The fraction of sp³-hybridized carbons (Fsp3) is 0.103. The molecule has 0 radical (unpaired) electrons. The molecule has 0 aromatic heterocycles. The van der Waals surface area contributed by atoms with E-state index < -0.39 is 33.8 Å². The Bertz CT molecular complexity index is 1130. The van der Waals surface area contributed by atoms with Crippen LogP contribution in [-0.4, -0.2) is 33.8 Å². The van der Waals surface area contributed by atoms with Gasteiger partial charge in [-0.3, -0.25) is 0 Å².